The van der Waals surface area contributed by atoms with Crippen LogP contribution in [0.15, 0.2) is 0 Å². The molecule has 0 aliphatic rings. The molecule has 0 unspecified atom stereocenters. The molecule has 2 N–H and O–H groups in total. The first-order valence-electron chi connectivity index (χ1n) is 7.99. The summed E-state index contributed by atoms with van der Waals surface area (Å²) in [5.74, 6) is 0.703. The van der Waals surface area contributed by atoms with E-state index in [2.05, 4.69) is 32.4 Å². The molecule has 0 aliphatic carbocycles. The normalized spacial score (nSPS) is 11.5. The number of hydrogen-bond acceptors (Lipinski definition) is 3. The van der Waals surface area contributed by atoms with Crippen LogP contribution in [0.2, 0.25) is 0 Å². The van der Waals surface area contributed by atoms with Gasteiger partial charge in [-0.15, -0.1) is 0 Å². The molecule has 116 valence electrons. The Kier molecular flexibility index (Phi) is 7.85. The number of ether oxygens (including phenoxy) is 1. The summed E-state index contributed by atoms with van der Waals surface area (Å²) >= 11 is 0. The van der Waals surface area contributed by atoms with E-state index in [0.29, 0.717) is 12.5 Å². The van der Waals surface area contributed by atoms with Crippen molar-refractivity contribution < 1.29 is 4.74 Å². The lowest BCUT2D eigenvalue weighted by Crippen LogP contribution is -2.12. The molecule has 0 saturated heterocycles. The molecule has 0 amide bonds. The molecule has 0 bridgehead atoms. The average Bonchev–Trinajstić information content (AvgIpc) is 2.75. The van der Waals surface area contributed by atoms with Crippen LogP contribution in [-0.2, 0) is 30.5 Å². The molecule has 0 spiro atoms. The second-order valence-corrected chi connectivity index (χ2v) is 5.64. The predicted octanol–water partition coefficient (Wildman–Crippen LogP) is 2.57. The third-order valence-electron chi connectivity index (χ3n) is 3.60. The third kappa shape index (κ3) is 4.91. The van der Waals surface area contributed by atoms with Crippen molar-refractivity contribution in [3.8, 4) is 0 Å². The van der Waals surface area contributed by atoms with Gasteiger partial charge >= 0.3 is 0 Å². The van der Waals surface area contributed by atoms with Gasteiger partial charge in [0.05, 0.1) is 18.8 Å². The molecule has 1 aromatic heterocycles. The fraction of sp³-hybridized carbons (Fsp3) is 0.812. The Morgan fingerprint density at radius 2 is 1.95 bits per heavy atom. The maximum Gasteiger partial charge on any atom is 0.0662 e. The van der Waals surface area contributed by atoms with Crippen LogP contribution in [-0.4, -0.2) is 29.5 Å². The van der Waals surface area contributed by atoms with Crippen molar-refractivity contribution in [2.75, 3.05) is 19.8 Å². The molecule has 0 fully saturated rings. The fourth-order valence-electron chi connectivity index (χ4n) is 2.46. The van der Waals surface area contributed by atoms with E-state index in [1.807, 2.05) is 0 Å². The van der Waals surface area contributed by atoms with Crippen molar-refractivity contribution in [1.29, 1.82) is 0 Å². The molecule has 20 heavy (non-hydrogen) atoms. The van der Waals surface area contributed by atoms with Crippen molar-refractivity contribution >= 4 is 0 Å². The summed E-state index contributed by atoms with van der Waals surface area (Å²) in [5.41, 5.74) is 9.62. The lowest BCUT2D eigenvalue weighted by atomic mass is 10.1. The first-order valence-corrected chi connectivity index (χ1v) is 7.99. The van der Waals surface area contributed by atoms with Crippen LogP contribution in [0.3, 0.4) is 0 Å². The Hall–Kier alpha value is -0.870. The smallest absolute Gasteiger partial charge is 0.0662 e. The van der Waals surface area contributed by atoms with Gasteiger partial charge in [0, 0.05) is 12.3 Å². The Morgan fingerprint density at radius 3 is 2.50 bits per heavy atom. The largest absolute Gasteiger partial charge is 0.380 e. The van der Waals surface area contributed by atoms with E-state index in [9.17, 15) is 0 Å². The third-order valence-corrected chi connectivity index (χ3v) is 3.60. The molecule has 0 aliphatic heterocycles. The van der Waals surface area contributed by atoms with E-state index in [0.717, 1.165) is 45.4 Å². The highest BCUT2D eigenvalue weighted by Crippen LogP contribution is 2.16. The van der Waals surface area contributed by atoms with Crippen molar-refractivity contribution in [3.63, 3.8) is 0 Å². The minimum Gasteiger partial charge on any atom is -0.380 e. The zero-order valence-corrected chi connectivity index (χ0v) is 13.6. The monoisotopic (exact) mass is 281 g/mol. The van der Waals surface area contributed by atoms with Gasteiger partial charge in [0.2, 0.25) is 0 Å². The fourth-order valence-corrected chi connectivity index (χ4v) is 2.46. The van der Waals surface area contributed by atoms with Crippen LogP contribution in [0.1, 0.15) is 51.1 Å². The number of hydrogen-bond donors (Lipinski definition) is 1. The van der Waals surface area contributed by atoms with Gasteiger partial charge in [0.25, 0.3) is 0 Å². The molecular weight excluding hydrogens is 250 g/mol. The van der Waals surface area contributed by atoms with Gasteiger partial charge in [0.1, 0.15) is 0 Å². The Labute approximate surface area is 123 Å². The lowest BCUT2D eigenvalue weighted by molar-refractivity contribution is 0.113. The van der Waals surface area contributed by atoms with Gasteiger partial charge in [-0.2, -0.15) is 5.10 Å². The molecule has 0 atom stereocenters. The summed E-state index contributed by atoms with van der Waals surface area (Å²) in [6, 6.07) is 0. The van der Waals surface area contributed by atoms with Crippen LogP contribution in [0, 0.1) is 5.92 Å². The average molecular weight is 281 g/mol. The van der Waals surface area contributed by atoms with E-state index in [1.165, 1.54) is 17.0 Å². The molecule has 0 aromatic carbocycles. The summed E-state index contributed by atoms with van der Waals surface area (Å²) in [4.78, 5) is 0. The zero-order chi connectivity index (χ0) is 15.0. The summed E-state index contributed by atoms with van der Waals surface area (Å²) in [6.45, 7) is 11.9. The maximum absolute atomic E-state index is 5.72. The molecule has 4 nitrogen and oxygen atoms in total. The molecule has 1 heterocycles. The minimum atomic E-state index is 0.691. The number of rotatable bonds is 10. The molecule has 0 radical (unpaired) electrons. The van der Waals surface area contributed by atoms with Crippen LogP contribution in [0.4, 0.5) is 0 Å². The molecule has 1 rings (SSSR count). The van der Waals surface area contributed by atoms with Gasteiger partial charge in [-0.05, 0) is 43.7 Å². The van der Waals surface area contributed by atoms with E-state index < -0.39 is 0 Å². The second kappa shape index (κ2) is 9.14. The molecular formula is C16H31N3O. The Bertz CT molecular complexity index is 385. The minimum absolute atomic E-state index is 0.691. The van der Waals surface area contributed by atoms with Crippen LogP contribution in [0.25, 0.3) is 0 Å². The lowest BCUT2D eigenvalue weighted by Gasteiger charge is -2.09. The van der Waals surface area contributed by atoms with E-state index in [-0.39, 0.29) is 0 Å². The van der Waals surface area contributed by atoms with Crippen LogP contribution < -0.4 is 5.73 Å². The van der Waals surface area contributed by atoms with E-state index >= 15 is 0 Å². The zero-order valence-electron chi connectivity index (χ0n) is 13.6. The van der Waals surface area contributed by atoms with Crippen molar-refractivity contribution in [2.45, 2.75) is 59.9 Å². The van der Waals surface area contributed by atoms with Crippen LogP contribution >= 0.6 is 0 Å². The Balaban J connectivity index is 2.60. The Morgan fingerprint density at radius 1 is 1.20 bits per heavy atom. The van der Waals surface area contributed by atoms with E-state index in [1.54, 1.807) is 0 Å². The van der Waals surface area contributed by atoms with E-state index in [4.69, 9.17) is 15.6 Å². The van der Waals surface area contributed by atoms with Gasteiger partial charge in [0.15, 0.2) is 0 Å². The quantitative estimate of drug-likeness (QED) is 0.671. The van der Waals surface area contributed by atoms with Crippen LogP contribution in [0.5, 0.6) is 0 Å². The molecule has 0 saturated carbocycles. The topological polar surface area (TPSA) is 53.1 Å². The number of aryl methyl sites for hydroxylation is 1. The molecule has 4 heteroatoms. The number of nitrogens with zero attached hydrogens (tertiary/aromatic N) is 2. The van der Waals surface area contributed by atoms with Crippen molar-refractivity contribution in [2.24, 2.45) is 11.7 Å². The van der Waals surface area contributed by atoms with Gasteiger partial charge in [-0.25, -0.2) is 0 Å². The summed E-state index contributed by atoms with van der Waals surface area (Å²) in [7, 11) is 0. The standard InChI is InChI=1S/C16H31N3O/c1-5-15-14(7-9-17)16(6-2)19(18-15)10-12-20-11-8-13(3)4/h13H,5-12,17H2,1-4H3. The summed E-state index contributed by atoms with van der Waals surface area (Å²) in [6.07, 6.45) is 4.04. The SMILES string of the molecule is CCc1nn(CCOCCC(C)C)c(CC)c1CCN. The first kappa shape index (κ1) is 17.2. The predicted molar refractivity (Wildman–Crippen MR) is 84.0 cm³/mol. The summed E-state index contributed by atoms with van der Waals surface area (Å²) in [5, 5.41) is 4.73. The number of nitrogens with two attached hydrogens (primary N) is 1. The first-order chi connectivity index (χ1) is 9.63. The maximum atomic E-state index is 5.72. The highest BCUT2D eigenvalue weighted by molar-refractivity contribution is 5.27. The van der Waals surface area contributed by atoms with Gasteiger partial charge in [-0.1, -0.05) is 27.7 Å². The highest BCUT2D eigenvalue weighted by Gasteiger charge is 2.14. The molecule has 1 aromatic rings. The van der Waals surface area contributed by atoms with Crippen molar-refractivity contribution in [1.82, 2.24) is 9.78 Å². The van der Waals surface area contributed by atoms with Gasteiger partial charge in [-0.3, -0.25) is 4.68 Å². The van der Waals surface area contributed by atoms with Gasteiger partial charge < -0.3 is 10.5 Å². The highest BCUT2D eigenvalue weighted by atomic mass is 16.5. The van der Waals surface area contributed by atoms with Crippen molar-refractivity contribution in [3.05, 3.63) is 17.0 Å². The number of aromatic nitrogens is 2. The summed E-state index contributed by atoms with van der Waals surface area (Å²) < 4.78 is 7.83. The second-order valence-electron chi connectivity index (χ2n) is 5.64.